The van der Waals surface area contributed by atoms with Gasteiger partial charge in [0.05, 0.1) is 37.0 Å². The highest BCUT2D eigenvalue weighted by atomic mass is 35.5. The molecule has 0 spiro atoms. The molecule has 2 aromatic carbocycles. The van der Waals surface area contributed by atoms with Crippen LogP contribution in [0.4, 0.5) is 4.79 Å². The topological polar surface area (TPSA) is 114 Å². The van der Waals surface area contributed by atoms with Crippen molar-refractivity contribution in [2.75, 3.05) is 26.4 Å². The zero-order chi connectivity index (χ0) is 29.4. The number of nitrogens with zero attached hydrogens (tertiary/aromatic N) is 1. The summed E-state index contributed by atoms with van der Waals surface area (Å²) >= 11 is 6.82. The van der Waals surface area contributed by atoms with Gasteiger partial charge in [0.25, 0.3) is 0 Å². The van der Waals surface area contributed by atoms with Gasteiger partial charge in [-0.2, -0.15) is 0 Å². The van der Waals surface area contributed by atoms with Crippen molar-refractivity contribution in [1.29, 1.82) is 0 Å². The van der Waals surface area contributed by atoms with Gasteiger partial charge >= 0.3 is 12.0 Å². The number of urea groups is 1. The van der Waals surface area contributed by atoms with Crippen LogP contribution in [0.1, 0.15) is 87.5 Å². The van der Waals surface area contributed by atoms with Crippen molar-refractivity contribution in [3.8, 4) is 11.5 Å². The summed E-state index contributed by atoms with van der Waals surface area (Å²) < 4.78 is 17.6. The second-order valence-corrected chi connectivity index (χ2v) is 10.2. The number of amides is 2. The molecule has 2 amide bonds. The highest BCUT2D eigenvalue weighted by Gasteiger charge is 2.47. The number of hydrogen-bond acceptors (Lipinski definition) is 6. The Balaban J connectivity index is 1.97. The first-order valence-electron chi connectivity index (χ1n) is 13.7. The fourth-order valence-electron chi connectivity index (χ4n) is 4.80. The van der Waals surface area contributed by atoms with Crippen LogP contribution in [0, 0.1) is 0 Å². The van der Waals surface area contributed by atoms with Crippen LogP contribution in [0.5, 0.6) is 11.5 Å². The Kier molecular flexibility index (Phi) is 10.8. The molecule has 1 fully saturated rings. The SMILES string of the molecule is CCOc1cc([C@@H](C)N(CCO[C@@H](C)c2ccccc2)C(=O)NC2(C(=O)O)CCC2)c(Cl)c(OCC)c1C(C)=O. The first-order valence-corrected chi connectivity index (χ1v) is 14.1. The number of ether oxygens (including phenoxy) is 3. The maximum atomic E-state index is 13.7. The summed E-state index contributed by atoms with van der Waals surface area (Å²) in [4.78, 5) is 39.7. The second kappa shape index (κ2) is 13.9. The number of nitrogens with one attached hydrogen (secondary N) is 1. The fourth-order valence-corrected chi connectivity index (χ4v) is 5.16. The summed E-state index contributed by atoms with van der Waals surface area (Å²) in [5, 5.41) is 12.8. The fraction of sp³-hybridized carbons (Fsp3) is 0.500. The van der Waals surface area contributed by atoms with Crippen LogP contribution in [-0.2, 0) is 9.53 Å². The van der Waals surface area contributed by atoms with Crippen LogP contribution < -0.4 is 14.8 Å². The summed E-state index contributed by atoms with van der Waals surface area (Å²) in [5.74, 6) is -0.825. The maximum Gasteiger partial charge on any atom is 0.329 e. The lowest BCUT2D eigenvalue weighted by Crippen LogP contribution is -2.62. The molecule has 0 radical (unpaired) electrons. The maximum absolute atomic E-state index is 13.7. The average molecular weight is 575 g/mol. The number of benzene rings is 2. The van der Waals surface area contributed by atoms with Gasteiger partial charge in [-0.05, 0) is 65.5 Å². The van der Waals surface area contributed by atoms with Crippen LogP contribution >= 0.6 is 11.6 Å². The van der Waals surface area contributed by atoms with Gasteiger partial charge in [0, 0.05) is 12.1 Å². The van der Waals surface area contributed by atoms with Crippen molar-refractivity contribution < 1.29 is 33.7 Å². The molecular formula is C30H39ClN2O7. The molecule has 0 aliphatic heterocycles. The Bertz CT molecular complexity index is 1200. The predicted molar refractivity (Wildman–Crippen MR) is 152 cm³/mol. The first kappa shape index (κ1) is 31.2. The lowest BCUT2D eigenvalue weighted by atomic mass is 9.77. The molecule has 1 saturated carbocycles. The molecule has 2 atom stereocenters. The van der Waals surface area contributed by atoms with E-state index in [1.165, 1.54) is 11.8 Å². The number of hydrogen-bond donors (Lipinski definition) is 2. The molecule has 0 aromatic heterocycles. The van der Waals surface area contributed by atoms with E-state index < -0.39 is 23.6 Å². The Morgan fingerprint density at radius 3 is 2.27 bits per heavy atom. The van der Waals surface area contributed by atoms with E-state index in [2.05, 4.69) is 5.32 Å². The minimum Gasteiger partial charge on any atom is -0.493 e. The van der Waals surface area contributed by atoms with Gasteiger partial charge in [0.1, 0.15) is 16.9 Å². The number of carboxylic acid groups (broad SMARTS) is 1. The highest BCUT2D eigenvalue weighted by molar-refractivity contribution is 6.33. The smallest absolute Gasteiger partial charge is 0.329 e. The van der Waals surface area contributed by atoms with Crippen molar-refractivity contribution >= 4 is 29.4 Å². The number of carbonyl (C=O) groups is 3. The monoisotopic (exact) mass is 574 g/mol. The van der Waals surface area contributed by atoms with Gasteiger partial charge in [-0.1, -0.05) is 41.9 Å². The van der Waals surface area contributed by atoms with Crippen LogP contribution in [0.25, 0.3) is 0 Å². The minimum absolute atomic E-state index is 0.151. The van der Waals surface area contributed by atoms with Gasteiger partial charge in [0.15, 0.2) is 11.5 Å². The number of halogens is 1. The number of aliphatic carboxylic acids is 1. The normalized spacial score (nSPS) is 15.3. The van der Waals surface area contributed by atoms with Gasteiger partial charge in [-0.3, -0.25) is 4.79 Å². The Labute approximate surface area is 240 Å². The third kappa shape index (κ3) is 6.88. The molecule has 0 unspecified atom stereocenters. The Morgan fingerprint density at radius 2 is 1.75 bits per heavy atom. The highest BCUT2D eigenvalue weighted by Crippen LogP contribution is 2.43. The largest absolute Gasteiger partial charge is 0.493 e. The van der Waals surface area contributed by atoms with E-state index in [1.54, 1.807) is 26.8 Å². The van der Waals surface area contributed by atoms with E-state index >= 15 is 0 Å². The molecule has 2 aromatic rings. The molecule has 1 aliphatic carbocycles. The zero-order valence-electron chi connectivity index (χ0n) is 23.8. The van der Waals surface area contributed by atoms with E-state index in [-0.39, 0.29) is 48.0 Å². The summed E-state index contributed by atoms with van der Waals surface area (Å²) in [6.07, 6.45) is 1.21. The quantitative estimate of drug-likeness (QED) is 0.258. The van der Waals surface area contributed by atoms with E-state index in [1.807, 2.05) is 37.3 Å². The van der Waals surface area contributed by atoms with Crippen LogP contribution in [0.2, 0.25) is 5.02 Å². The summed E-state index contributed by atoms with van der Waals surface area (Å²) in [5.41, 5.74) is 0.432. The standard InChI is InChI=1S/C30H39ClN2O7/c1-6-38-24-18-23(26(31)27(39-7-2)25(24)20(4)34)19(3)33(29(37)32-30(28(35)36)14-11-15-30)16-17-40-21(5)22-12-9-8-10-13-22/h8-10,12-13,18-19,21H,6-7,11,14-17H2,1-5H3,(H,32,37)(H,35,36)/t19-,21+/m1/s1. The molecule has 3 rings (SSSR count). The third-order valence-electron chi connectivity index (χ3n) is 7.26. The molecule has 2 N–H and O–H groups in total. The van der Waals surface area contributed by atoms with Gasteiger partial charge < -0.3 is 29.5 Å². The molecule has 1 aliphatic rings. The van der Waals surface area contributed by atoms with Crippen molar-refractivity contribution in [3.05, 3.63) is 58.1 Å². The third-order valence-corrected chi connectivity index (χ3v) is 7.65. The average Bonchev–Trinajstić information content (AvgIpc) is 2.90. The van der Waals surface area contributed by atoms with Crippen molar-refractivity contribution in [2.24, 2.45) is 0 Å². The molecule has 0 bridgehead atoms. The first-order chi connectivity index (χ1) is 19.1. The second-order valence-electron chi connectivity index (χ2n) is 9.87. The molecule has 0 saturated heterocycles. The van der Waals surface area contributed by atoms with Crippen LogP contribution in [0.3, 0.4) is 0 Å². The van der Waals surface area contributed by atoms with E-state index in [0.29, 0.717) is 37.2 Å². The molecular weight excluding hydrogens is 536 g/mol. The number of carboxylic acids is 1. The molecule has 218 valence electrons. The van der Waals surface area contributed by atoms with Crippen molar-refractivity contribution in [2.45, 2.75) is 71.6 Å². The molecule has 40 heavy (non-hydrogen) atoms. The Morgan fingerprint density at radius 1 is 1.10 bits per heavy atom. The number of Topliss-reactive ketones (excluding diaryl/α,β-unsaturated/α-hetero) is 1. The lowest BCUT2D eigenvalue weighted by Gasteiger charge is -2.41. The summed E-state index contributed by atoms with van der Waals surface area (Å²) in [7, 11) is 0. The predicted octanol–water partition coefficient (Wildman–Crippen LogP) is 6.20. The number of rotatable bonds is 14. The van der Waals surface area contributed by atoms with Crippen LogP contribution in [0.15, 0.2) is 36.4 Å². The van der Waals surface area contributed by atoms with Gasteiger partial charge in [0.2, 0.25) is 0 Å². The van der Waals surface area contributed by atoms with Crippen molar-refractivity contribution in [3.63, 3.8) is 0 Å². The van der Waals surface area contributed by atoms with Gasteiger partial charge in [-0.25, -0.2) is 9.59 Å². The van der Waals surface area contributed by atoms with Crippen LogP contribution in [-0.4, -0.2) is 59.7 Å². The van der Waals surface area contributed by atoms with Gasteiger partial charge in [-0.15, -0.1) is 0 Å². The molecule has 9 nitrogen and oxygen atoms in total. The molecule has 0 heterocycles. The number of carbonyl (C=O) groups excluding carboxylic acids is 2. The minimum atomic E-state index is -1.30. The van der Waals surface area contributed by atoms with E-state index in [9.17, 15) is 19.5 Å². The number of ketones is 1. The van der Waals surface area contributed by atoms with E-state index in [4.69, 9.17) is 25.8 Å². The molecule has 10 heteroatoms. The van der Waals surface area contributed by atoms with Crippen molar-refractivity contribution in [1.82, 2.24) is 10.2 Å². The van der Waals surface area contributed by atoms with E-state index in [0.717, 1.165) is 5.56 Å². The summed E-state index contributed by atoms with van der Waals surface area (Å²) in [6, 6.07) is 10.2. The Hall–Kier alpha value is -3.30. The zero-order valence-corrected chi connectivity index (χ0v) is 24.5. The summed E-state index contributed by atoms with van der Waals surface area (Å²) in [6.45, 7) is 9.62. The lowest BCUT2D eigenvalue weighted by molar-refractivity contribution is -0.148.